The molecule has 0 saturated carbocycles. The summed E-state index contributed by atoms with van der Waals surface area (Å²) in [5.41, 5.74) is 0.980. The van der Waals surface area contributed by atoms with Gasteiger partial charge in [-0.15, -0.1) is 6.58 Å². The van der Waals surface area contributed by atoms with Crippen molar-refractivity contribution in [2.24, 2.45) is 5.92 Å². The summed E-state index contributed by atoms with van der Waals surface area (Å²) in [6, 6.07) is 7.38. The number of carbonyl (C=O) groups is 1. The van der Waals surface area contributed by atoms with Crippen molar-refractivity contribution in [1.82, 2.24) is 5.32 Å². The molecule has 4 nitrogen and oxygen atoms in total. The first-order chi connectivity index (χ1) is 8.62. The zero-order chi connectivity index (χ0) is 13.5. The predicted molar refractivity (Wildman–Crippen MR) is 70.6 cm³/mol. The molecule has 18 heavy (non-hydrogen) atoms. The Hall–Kier alpha value is -1.97. The molecule has 0 aliphatic carbocycles. The van der Waals surface area contributed by atoms with Crippen LogP contribution in [0.25, 0.3) is 0 Å². The SMILES string of the molecule is C=C[C@@H](C)[C@H](NC(=O)OC)c1ccc(OC)cc1. The average molecular weight is 249 g/mol. The fourth-order valence-corrected chi connectivity index (χ4v) is 1.65. The van der Waals surface area contributed by atoms with Crippen LogP contribution in [-0.4, -0.2) is 20.3 Å². The Labute approximate surface area is 108 Å². The van der Waals surface area contributed by atoms with Gasteiger partial charge in [0.2, 0.25) is 0 Å². The van der Waals surface area contributed by atoms with Gasteiger partial charge in [-0.1, -0.05) is 25.1 Å². The van der Waals surface area contributed by atoms with Gasteiger partial charge in [-0.05, 0) is 23.6 Å². The molecule has 1 aromatic carbocycles. The van der Waals surface area contributed by atoms with Crippen LogP contribution in [0.15, 0.2) is 36.9 Å². The third-order valence-corrected chi connectivity index (χ3v) is 2.83. The summed E-state index contributed by atoms with van der Waals surface area (Å²) in [4.78, 5) is 11.3. The molecular weight excluding hydrogens is 230 g/mol. The van der Waals surface area contributed by atoms with Crippen LogP contribution in [0.4, 0.5) is 4.79 Å². The maximum absolute atomic E-state index is 11.3. The first-order valence-corrected chi connectivity index (χ1v) is 5.73. The van der Waals surface area contributed by atoms with Gasteiger partial charge in [0.1, 0.15) is 5.75 Å². The van der Waals surface area contributed by atoms with Crippen LogP contribution in [0.3, 0.4) is 0 Å². The molecule has 0 aromatic heterocycles. The molecule has 0 radical (unpaired) electrons. The van der Waals surface area contributed by atoms with E-state index < -0.39 is 6.09 Å². The molecular formula is C14H19NO3. The van der Waals surface area contributed by atoms with Gasteiger partial charge in [0.15, 0.2) is 0 Å². The van der Waals surface area contributed by atoms with Crippen LogP contribution >= 0.6 is 0 Å². The number of amides is 1. The van der Waals surface area contributed by atoms with Crippen LogP contribution in [-0.2, 0) is 4.74 Å². The molecule has 1 amide bonds. The highest BCUT2D eigenvalue weighted by Crippen LogP contribution is 2.24. The Morgan fingerprint density at radius 2 is 1.94 bits per heavy atom. The minimum atomic E-state index is -0.454. The summed E-state index contributed by atoms with van der Waals surface area (Å²) in [6.07, 6.45) is 1.34. The van der Waals surface area contributed by atoms with Crippen molar-refractivity contribution in [3.63, 3.8) is 0 Å². The average Bonchev–Trinajstić information content (AvgIpc) is 2.43. The number of ether oxygens (including phenoxy) is 2. The number of methoxy groups -OCH3 is 2. The molecule has 1 N–H and O–H groups in total. The lowest BCUT2D eigenvalue weighted by molar-refractivity contribution is 0.164. The van der Waals surface area contributed by atoms with Crippen molar-refractivity contribution < 1.29 is 14.3 Å². The Bertz CT molecular complexity index is 400. The van der Waals surface area contributed by atoms with Crippen molar-refractivity contribution >= 4 is 6.09 Å². The second-order valence-corrected chi connectivity index (χ2v) is 3.98. The van der Waals surface area contributed by atoms with Crippen molar-refractivity contribution in [3.05, 3.63) is 42.5 Å². The van der Waals surface area contributed by atoms with E-state index in [0.717, 1.165) is 11.3 Å². The largest absolute Gasteiger partial charge is 0.497 e. The van der Waals surface area contributed by atoms with E-state index in [2.05, 4.69) is 16.6 Å². The lowest BCUT2D eigenvalue weighted by atomic mass is 9.94. The molecule has 0 spiro atoms. The van der Waals surface area contributed by atoms with Gasteiger partial charge < -0.3 is 14.8 Å². The standard InChI is InChI=1S/C14H19NO3/c1-5-10(2)13(15-14(16)18-4)11-6-8-12(17-3)9-7-11/h5-10,13H,1H2,2-4H3,(H,15,16)/t10-,13+/m1/s1. The lowest BCUT2D eigenvalue weighted by Gasteiger charge is -2.22. The minimum absolute atomic E-state index is 0.0949. The number of rotatable bonds is 5. The highest BCUT2D eigenvalue weighted by Gasteiger charge is 2.19. The third-order valence-electron chi connectivity index (χ3n) is 2.83. The molecule has 0 unspecified atom stereocenters. The molecule has 1 rings (SSSR count). The zero-order valence-electron chi connectivity index (χ0n) is 11.0. The third kappa shape index (κ3) is 3.52. The van der Waals surface area contributed by atoms with Gasteiger partial charge in [0.25, 0.3) is 0 Å². The Balaban J connectivity index is 2.93. The topological polar surface area (TPSA) is 47.6 Å². The number of hydrogen-bond acceptors (Lipinski definition) is 3. The predicted octanol–water partition coefficient (Wildman–Crippen LogP) is 2.91. The number of benzene rings is 1. The van der Waals surface area contributed by atoms with E-state index in [0.29, 0.717) is 0 Å². The summed E-state index contributed by atoms with van der Waals surface area (Å²) in [5, 5.41) is 2.80. The molecule has 0 heterocycles. The van der Waals surface area contributed by atoms with E-state index in [-0.39, 0.29) is 12.0 Å². The van der Waals surface area contributed by atoms with Gasteiger partial charge in [0, 0.05) is 0 Å². The van der Waals surface area contributed by atoms with Gasteiger partial charge >= 0.3 is 6.09 Å². The highest BCUT2D eigenvalue weighted by molar-refractivity contribution is 5.67. The first-order valence-electron chi connectivity index (χ1n) is 5.73. The maximum Gasteiger partial charge on any atom is 0.407 e. The van der Waals surface area contributed by atoms with Gasteiger partial charge in [-0.25, -0.2) is 4.79 Å². The van der Waals surface area contributed by atoms with Crippen molar-refractivity contribution in [3.8, 4) is 5.75 Å². The second-order valence-electron chi connectivity index (χ2n) is 3.98. The molecule has 0 aliphatic heterocycles. The molecule has 0 bridgehead atoms. The summed E-state index contributed by atoms with van der Waals surface area (Å²) >= 11 is 0. The van der Waals surface area contributed by atoms with Crippen LogP contribution in [0, 0.1) is 5.92 Å². The van der Waals surface area contributed by atoms with E-state index in [4.69, 9.17) is 4.74 Å². The van der Waals surface area contributed by atoms with Crippen molar-refractivity contribution in [2.75, 3.05) is 14.2 Å². The fraction of sp³-hybridized carbons (Fsp3) is 0.357. The summed E-state index contributed by atoms with van der Waals surface area (Å²) in [6.45, 7) is 5.74. The van der Waals surface area contributed by atoms with Crippen LogP contribution in [0.5, 0.6) is 5.75 Å². The Morgan fingerprint density at radius 3 is 2.39 bits per heavy atom. The van der Waals surface area contributed by atoms with Crippen molar-refractivity contribution in [1.29, 1.82) is 0 Å². The molecule has 4 heteroatoms. The van der Waals surface area contributed by atoms with E-state index in [1.165, 1.54) is 7.11 Å². The number of nitrogens with one attached hydrogen (secondary N) is 1. The molecule has 0 saturated heterocycles. The van der Waals surface area contributed by atoms with Crippen LogP contribution in [0.1, 0.15) is 18.5 Å². The lowest BCUT2D eigenvalue weighted by Crippen LogP contribution is -2.31. The monoisotopic (exact) mass is 249 g/mol. The van der Waals surface area contributed by atoms with Gasteiger partial charge in [0.05, 0.1) is 20.3 Å². The van der Waals surface area contributed by atoms with Crippen LogP contribution in [0.2, 0.25) is 0 Å². The number of carbonyl (C=O) groups excluding carboxylic acids is 1. The van der Waals surface area contributed by atoms with E-state index in [9.17, 15) is 4.79 Å². The fourth-order valence-electron chi connectivity index (χ4n) is 1.65. The smallest absolute Gasteiger partial charge is 0.407 e. The van der Waals surface area contributed by atoms with Gasteiger partial charge in [-0.3, -0.25) is 0 Å². The van der Waals surface area contributed by atoms with E-state index in [1.807, 2.05) is 31.2 Å². The van der Waals surface area contributed by atoms with Crippen molar-refractivity contribution in [2.45, 2.75) is 13.0 Å². The number of alkyl carbamates (subject to hydrolysis) is 1. The van der Waals surface area contributed by atoms with Crippen LogP contribution < -0.4 is 10.1 Å². The number of hydrogen-bond donors (Lipinski definition) is 1. The second kappa shape index (κ2) is 6.69. The molecule has 0 fully saturated rings. The highest BCUT2D eigenvalue weighted by atomic mass is 16.5. The normalized spacial score (nSPS) is 13.3. The molecule has 0 aliphatic rings. The first kappa shape index (κ1) is 14.1. The molecule has 98 valence electrons. The quantitative estimate of drug-likeness (QED) is 0.816. The van der Waals surface area contributed by atoms with E-state index >= 15 is 0 Å². The summed E-state index contributed by atoms with van der Waals surface area (Å²) < 4.78 is 9.74. The summed E-state index contributed by atoms with van der Waals surface area (Å²) in [7, 11) is 2.96. The van der Waals surface area contributed by atoms with Gasteiger partial charge in [-0.2, -0.15) is 0 Å². The molecule has 2 atom stereocenters. The summed E-state index contributed by atoms with van der Waals surface area (Å²) in [5.74, 6) is 0.874. The van der Waals surface area contributed by atoms with E-state index in [1.54, 1.807) is 13.2 Å². The Morgan fingerprint density at radius 1 is 1.33 bits per heavy atom. The zero-order valence-corrected chi connectivity index (χ0v) is 11.0. The Kier molecular flexibility index (Phi) is 5.24. The maximum atomic E-state index is 11.3. The minimum Gasteiger partial charge on any atom is -0.497 e. The molecule has 1 aromatic rings.